The Balaban J connectivity index is 2.00. The smallest absolute Gasteiger partial charge is 0.341 e. The Morgan fingerprint density at radius 3 is 2.56 bits per heavy atom. The molecule has 5 nitrogen and oxygen atoms in total. The molecule has 0 aliphatic carbocycles. The molecule has 0 saturated carbocycles. The van der Waals surface area contributed by atoms with Crippen LogP contribution in [0.2, 0.25) is 0 Å². The number of amides is 1. The Kier molecular flexibility index (Phi) is 5.20. The lowest BCUT2D eigenvalue weighted by Crippen LogP contribution is -2.27. The topological polar surface area (TPSA) is 64.6 Å². The molecule has 1 aromatic heterocycles. The molecule has 25 heavy (non-hydrogen) atoms. The van der Waals surface area contributed by atoms with Gasteiger partial charge in [0.15, 0.2) is 0 Å². The van der Waals surface area contributed by atoms with Crippen LogP contribution in [0.3, 0.4) is 0 Å². The molecule has 1 aromatic carbocycles. The van der Waals surface area contributed by atoms with Crippen LogP contribution in [0.25, 0.3) is 11.1 Å². The molecular weight excluding hydrogens is 338 g/mol. The highest BCUT2D eigenvalue weighted by atomic mass is 32.1. The van der Waals surface area contributed by atoms with E-state index in [1.54, 1.807) is 0 Å². The predicted octanol–water partition coefficient (Wildman–Crippen LogP) is 3.94. The van der Waals surface area contributed by atoms with Crippen molar-refractivity contribution >= 4 is 28.2 Å². The number of aryl methyl sites for hydroxylation is 2. The van der Waals surface area contributed by atoms with Crippen LogP contribution < -0.4 is 5.32 Å². The third-order valence-corrected chi connectivity index (χ3v) is 5.29. The molecule has 2 aromatic rings. The third-order valence-electron chi connectivity index (χ3n) is 4.27. The summed E-state index contributed by atoms with van der Waals surface area (Å²) in [5.74, 6) is -0.665. The number of carbonyl (C=O) groups excluding carboxylic acids is 2. The summed E-state index contributed by atoms with van der Waals surface area (Å²) in [5.41, 5.74) is 3.28. The number of rotatable bonds is 4. The zero-order chi connectivity index (χ0) is 18.0. The van der Waals surface area contributed by atoms with Crippen LogP contribution >= 0.6 is 11.3 Å². The fourth-order valence-electron chi connectivity index (χ4n) is 2.97. The second-order valence-electron chi connectivity index (χ2n) is 6.09. The van der Waals surface area contributed by atoms with Crippen LogP contribution in [0.4, 0.5) is 5.00 Å². The Labute approximate surface area is 151 Å². The lowest BCUT2D eigenvalue weighted by molar-refractivity contribution is -0.124. The monoisotopic (exact) mass is 359 g/mol. The summed E-state index contributed by atoms with van der Waals surface area (Å²) in [6.07, 6.45) is 1.13. The summed E-state index contributed by atoms with van der Waals surface area (Å²) in [4.78, 5) is 25.8. The van der Waals surface area contributed by atoms with Crippen molar-refractivity contribution in [3.8, 4) is 11.1 Å². The minimum absolute atomic E-state index is 0.209. The number of carbonyl (C=O) groups is 2. The number of methoxy groups -OCH3 is 1. The molecule has 0 bridgehead atoms. The molecule has 1 N–H and O–H groups in total. The summed E-state index contributed by atoms with van der Waals surface area (Å²) in [5, 5.41) is 3.38. The molecule has 3 rings (SSSR count). The maximum Gasteiger partial charge on any atom is 0.341 e. The molecule has 2 heterocycles. The van der Waals surface area contributed by atoms with Crippen molar-refractivity contribution in [1.29, 1.82) is 0 Å². The average molecular weight is 359 g/mol. The molecule has 1 fully saturated rings. The first-order valence-corrected chi connectivity index (χ1v) is 9.04. The summed E-state index contributed by atoms with van der Waals surface area (Å²) >= 11 is 1.38. The second-order valence-corrected chi connectivity index (χ2v) is 7.31. The average Bonchev–Trinajstić information content (AvgIpc) is 3.23. The molecule has 1 amide bonds. The van der Waals surface area contributed by atoms with Gasteiger partial charge in [0.2, 0.25) is 0 Å². The fraction of sp³-hybridized carbons (Fsp3) is 0.368. The zero-order valence-corrected chi connectivity index (χ0v) is 15.4. The van der Waals surface area contributed by atoms with Gasteiger partial charge in [-0.3, -0.25) is 4.79 Å². The number of hydrogen-bond acceptors (Lipinski definition) is 5. The van der Waals surface area contributed by atoms with Crippen molar-refractivity contribution < 1.29 is 19.1 Å². The third kappa shape index (κ3) is 3.60. The summed E-state index contributed by atoms with van der Waals surface area (Å²) in [7, 11) is 1.35. The summed E-state index contributed by atoms with van der Waals surface area (Å²) < 4.78 is 10.4. The molecule has 0 spiro atoms. The summed E-state index contributed by atoms with van der Waals surface area (Å²) in [6.45, 7) is 4.55. The largest absolute Gasteiger partial charge is 0.465 e. The predicted molar refractivity (Wildman–Crippen MR) is 98.2 cm³/mol. The van der Waals surface area contributed by atoms with Gasteiger partial charge in [-0.05, 0) is 32.3 Å². The first kappa shape index (κ1) is 17.6. The molecular formula is C19H21NO4S. The highest BCUT2D eigenvalue weighted by Crippen LogP contribution is 2.40. The Hall–Kier alpha value is -2.18. The maximum atomic E-state index is 12.4. The lowest BCUT2D eigenvalue weighted by atomic mass is 10.0. The minimum atomic E-state index is -0.456. The molecule has 1 aliphatic rings. The van der Waals surface area contributed by atoms with Crippen molar-refractivity contribution in [2.24, 2.45) is 0 Å². The second kappa shape index (κ2) is 7.37. The first-order chi connectivity index (χ1) is 12.0. The number of thiophene rings is 1. The van der Waals surface area contributed by atoms with Crippen molar-refractivity contribution in [3.05, 3.63) is 40.3 Å². The van der Waals surface area contributed by atoms with Gasteiger partial charge in [-0.25, -0.2) is 4.79 Å². The number of esters is 1. The molecule has 1 saturated heterocycles. The van der Waals surface area contributed by atoms with E-state index in [-0.39, 0.29) is 5.91 Å². The van der Waals surface area contributed by atoms with E-state index in [1.807, 2.05) is 38.1 Å². The van der Waals surface area contributed by atoms with E-state index in [2.05, 4.69) is 5.32 Å². The minimum Gasteiger partial charge on any atom is -0.465 e. The van der Waals surface area contributed by atoms with E-state index in [9.17, 15) is 9.59 Å². The van der Waals surface area contributed by atoms with E-state index in [0.717, 1.165) is 28.0 Å². The van der Waals surface area contributed by atoms with E-state index in [1.165, 1.54) is 18.4 Å². The quantitative estimate of drug-likeness (QED) is 0.840. The fourth-order valence-corrected chi connectivity index (χ4v) is 4.04. The Morgan fingerprint density at radius 2 is 1.96 bits per heavy atom. The molecule has 0 radical (unpaired) electrons. The van der Waals surface area contributed by atoms with Crippen LogP contribution in [0, 0.1) is 13.8 Å². The van der Waals surface area contributed by atoms with E-state index in [0.29, 0.717) is 23.6 Å². The van der Waals surface area contributed by atoms with E-state index in [4.69, 9.17) is 9.47 Å². The number of benzene rings is 1. The summed E-state index contributed by atoms with van der Waals surface area (Å²) in [6, 6.07) is 7.95. The standard InChI is InChI=1S/C19H21NO4S/c1-11-6-8-13(9-7-11)15-12(2)25-18(16(15)19(22)23-3)20-17(21)14-5-4-10-24-14/h6-9,14H,4-5,10H2,1-3H3,(H,20,21). The number of ether oxygens (including phenoxy) is 2. The van der Waals surface area contributed by atoms with Crippen LogP contribution in [-0.2, 0) is 14.3 Å². The maximum absolute atomic E-state index is 12.4. The van der Waals surface area contributed by atoms with Gasteiger partial charge >= 0.3 is 5.97 Å². The van der Waals surface area contributed by atoms with Crippen LogP contribution in [0.1, 0.15) is 33.6 Å². The molecule has 6 heteroatoms. The van der Waals surface area contributed by atoms with Gasteiger partial charge in [0, 0.05) is 17.0 Å². The molecule has 1 unspecified atom stereocenters. The normalized spacial score (nSPS) is 16.7. The van der Waals surface area contributed by atoms with Gasteiger partial charge in [-0.2, -0.15) is 0 Å². The van der Waals surface area contributed by atoms with Crippen molar-refractivity contribution in [1.82, 2.24) is 0 Å². The van der Waals surface area contributed by atoms with Gasteiger partial charge in [0.1, 0.15) is 16.7 Å². The zero-order valence-electron chi connectivity index (χ0n) is 14.5. The number of anilines is 1. The highest BCUT2D eigenvalue weighted by molar-refractivity contribution is 7.17. The van der Waals surface area contributed by atoms with Gasteiger partial charge in [-0.1, -0.05) is 29.8 Å². The Bertz CT molecular complexity index is 789. The van der Waals surface area contributed by atoms with E-state index >= 15 is 0 Å². The lowest BCUT2D eigenvalue weighted by Gasteiger charge is -2.11. The SMILES string of the molecule is COC(=O)c1c(NC(=O)C2CCCO2)sc(C)c1-c1ccc(C)cc1. The van der Waals surface area contributed by atoms with Crippen molar-refractivity contribution in [2.45, 2.75) is 32.8 Å². The van der Waals surface area contributed by atoms with Crippen LogP contribution in [0.15, 0.2) is 24.3 Å². The van der Waals surface area contributed by atoms with Gasteiger partial charge < -0.3 is 14.8 Å². The molecule has 132 valence electrons. The van der Waals surface area contributed by atoms with Gasteiger partial charge in [0.25, 0.3) is 5.91 Å². The van der Waals surface area contributed by atoms with Crippen molar-refractivity contribution in [2.75, 3.05) is 19.0 Å². The number of nitrogens with one attached hydrogen (secondary N) is 1. The van der Waals surface area contributed by atoms with Gasteiger partial charge in [0.05, 0.1) is 7.11 Å². The van der Waals surface area contributed by atoms with Crippen LogP contribution in [-0.4, -0.2) is 31.7 Å². The van der Waals surface area contributed by atoms with Crippen molar-refractivity contribution in [3.63, 3.8) is 0 Å². The first-order valence-electron chi connectivity index (χ1n) is 8.22. The Morgan fingerprint density at radius 1 is 1.24 bits per heavy atom. The molecule has 1 atom stereocenters. The van der Waals surface area contributed by atoms with E-state index < -0.39 is 12.1 Å². The highest BCUT2D eigenvalue weighted by Gasteiger charge is 2.29. The number of hydrogen-bond donors (Lipinski definition) is 1. The van der Waals surface area contributed by atoms with Gasteiger partial charge in [-0.15, -0.1) is 11.3 Å². The molecule has 1 aliphatic heterocycles. The van der Waals surface area contributed by atoms with Crippen LogP contribution in [0.5, 0.6) is 0 Å².